The molecule has 1 aliphatic rings. The van der Waals surface area contributed by atoms with Crippen molar-refractivity contribution in [2.75, 3.05) is 13.7 Å². The van der Waals surface area contributed by atoms with Gasteiger partial charge in [-0.2, -0.15) is 5.26 Å². The number of sulfonamides is 1. The number of rotatable bonds is 14. The number of carbonyl (C=O) groups is 4. The Morgan fingerprint density at radius 3 is 2.32 bits per heavy atom. The van der Waals surface area contributed by atoms with Crippen LogP contribution in [0.4, 0.5) is 4.79 Å². The van der Waals surface area contributed by atoms with Crippen molar-refractivity contribution in [3.63, 3.8) is 0 Å². The molecule has 0 aliphatic carbocycles. The first kappa shape index (κ1) is 46.6. The number of aromatic nitrogens is 1. The predicted molar refractivity (Wildman–Crippen MR) is 233 cm³/mol. The van der Waals surface area contributed by atoms with Crippen LogP contribution in [0.25, 0.3) is 22.2 Å². The maximum Gasteiger partial charge on any atom is 0.408 e. The number of amides is 4. The quantitative estimate of drug-likeness (QED) is 0.118. The summed E-state index contributed by atoms with van der Waals surface area (Å²) in [6.45, 7) is 15.4. The van der Waals surface area contributed by atoms with Gasteiger partial charge in [-0.15, -0.1) is 6.58 Å². The molecule has 328 valence electrons. The summed E-state index contributed by atoms with van der Waals surface area (Å²) < 4.78 is 46.6. The fourth-order valence-electron chi connectivity index (χ4n) is 6.96. The van der Waals surface area contributed by atoms with Crippen LogP contribution in [-0.4, -0.2) is 85.1 Å². The zero-order valence-corrected chi connectivity index (χ0v) is 37.1. The van der Waals surface area contributed by atoms with Crippen LogP contribution in [0.1, 0.15) is 73.3 Å². The number of hydrogen-bond acceptors (Lipinski definition) is 11. The van der Waals surface area contributed by atoms with Gasteiger partial charge in [0.15, 0.2) is 0 Å². The molecule has 3 aromatic carbocycles. The third-order valence-corrected chi connectivity index (χ3v) is 11.5. The van der Waals surface area contributed by atoms with E-state index >= 15 is 0 Å². The Kier molecular flexibility index (Phi) is 14.0. The molecular weight excluding hydrogens is 813 g/mol. The van der Waals surface area contributed by atoms with Gasteiger partial charge in [0.05, 0.1) is 41.4 Å². The number of nitriles is 1. The fourth-order valence-corrected chi connectivity index (χ4v) is 8.08. The molecule has 4 amide bonds. The second-order valence-electron chi connectivity index (χ2n) is 17.4. The molecule has 15 nitrogen and oxygen atoms in total. The van der Waals surface area contributed by atoms with E-state index in [-0.39, 0.29) is 36.3 Å². The Hall–Kier alpha value is -6.47. The smallest absolute Gasteiger partial charge is 0.408 e. The number of benzene rings is 3. The summed E-state index contributed by atoms with van der Waals surface area (Å²) in [7, 11) is -2.95. The van der Waals surface area contributed by atoms with Crippen LogP contribution in [0.15, 0.2) is 96.4 Å². The van der Waals surface area contributed by atoms with Crippen LogP contribution < -0.4 is 24.8 Å². The van der Waals surface area contributed by atoms with Crippen molar-refractivity contribution in [1.82, 2.24) is 25.2 Å². The molecule has 3 N–H and O–H groups in total. The van der Waals surface area contributed by atoms with E-state index in [9.17, 15) is 32.9 Å². The van der Waals surface area contributed by atoms with Gasteiger partial charge in [0.1, 0.15) is 40.8 Å². The number of likely N-dealkylation sites (tertiary alicyclic amines) is 1. The summed E-state index contributed by atoms with van der Waals surface area (Å²) in [5.41, 5.74) is -1.53. The monoisotopic (exact) mass is 866 g/mol. The van der Waals surface area contributed by atoms with Crippen molar-refractivity contribution in [3.05, 3.63) is 97.1 Å². The van der Waals surface area contributed by atoms with Crippen molar-refractivity contribution in [2.45, 2.75) is 102 Å². The Morgan fingerprint density at radius 1 is 0.984 bits per heavy atom. The van der Waals surface area contributed by atoms with Crippen LogP contribution in [0.2, 0.25) is 0 Å². The first-order chi connectivity index (χ1) is 29.1. The zero-order valence-electron chi connectivity index (χ0n) is 36.3. The molecule has 0 bridgehead atoms. The van der Waals surface area contributed by atoms with E-state index in [1.54, 1.807) is 66.9 Å². The van der Waals surface area contributed by atoms with Gasteiger partial charge in [-0.05, 0) is 76.3 Å². The number of nitrogens with one attached hydrogen (secondary N) is 3. The van der Waals surface area contributed by atoms with E-state index in [2.05, 4.69) is 21.9 Å². The standard InChI is InChI=1S/C46H54N6O9S/c1-10-11-22-46(8,42(55)51-62(57,58)33-19-15-16-29(23-33)27-47)50-40(53)37-25-32(28-52(37)41(54)39(44(2,3)4)49-43(56)61-45(5,6)7)60-38-26-35(30-17-13-12-14-18-30)48-36-24-31(59-9)20-21-34(36)38/h10,12-21,23-24,26,32,37,39H,1,11,22,25,28H2,2-9H3,(H,49,56)(H,50,53)(H,51,55). The Morgan fingerprint density at radius 2 is 1.69 bits per heavy atom. The minimum absolute atomic E-state index is 0.0556. The maximum absolute atomic E-state index is 14.8. The lowest BCUT2D eigenvalue weighted by atomic mass is 9.85. The average Bonchev–Trinajstić information content (AvgIpc) is 3.64. The van der Waals surface area contributed by atoms with E-state index in [4.69, 9.17) is 19.2 Å². The van der Waals surface area contributed by atoms with Crippen LogP contribution in [0, 0.1) is 16.7 Å². The van der Waals surface area contributed by atoms with Crippen molar-refractivity contribution in [1.29, 1.82) is 5.26 Å². The summed E-state index contributed by atoms with van der Waals surface area (Å²) in [6.07, 6.45) is -0.0350. The van der Waals surface area contributed by atoms with Crippen molar-refractivity contribution >= 4 is 44.7 Å². The molecule has 4 atom stereocenters. The summed E-state index contributed by atoms with van der Waals surface area (Å²) in [4.78, 5) is 62.5. The highest BCUT2D eigenvalue weighted by atomic mass is 32.2. The first-order valence-corrected chi connectivity index (χ1v) is 21.6. The van der Waals surface area contributed by atoms with E-state index in [1.165, 1.54) is 36.1 Å². The van der Waals surface area contributed by atoms with Gasteiger partial charge in [-0.25, -0.2) is 22.9 Å². The third kappa shape index (κ3) is 11.3. The first-order valence-electron chi connectivity index (χ1n) is 20.1. The Labute approximate surface area is 362 Å². The average molecular weight is 867 g/mol. The molecule has 0 saturated carbocycles. The predicted octanol–water partition coefficient (Wildman–Crippen LogP) is 6.42. The molecular formula is C46H54N6O9S. The minimum atomic E-state index is -4.50. The minimum Gasteiger partial charge on any atom is -0.497 e. The molecule has 1 aliphatic heterocycles. The van der Waals surface area contributed by atoms with Gasteiger partial charge in [0.2, 0.25) is 11.8 Å². The van der Waals surface area contributed by atoms with Gasteiger partial charge < -0.3 is 29.7 Å². The summed E-state index contributed by atoms with van der Waals surface area (Å²) in [5, 5.41) is 15.4. The van der Waals surface area contributed by atoms with Gasteiger partial charge in [-0.1, -0.05) is 63.2 Å². The lowest BCUT2D eigenvalue weighted by Gasteiger charge is -2.36. The molecule has 5 rings (SSSR count). The van der Waals surface area contributed by atoms with Crippen LogP contribution in [0.3, 0.4) is 0 Å². The topological polar surface area (TPSA) is 206 Å². The van der Waals surface area contributed by atoms with Gasteiger partial charge in [-0.3, -0.25) is 14.4 Å². The second kappa shape index (κ2) is 18.7. The van der Waals surface area contributed by atoms with E-state index < -0.39 is 68.6 Å². The number of fused-ring (bicyclic) bond motifs is 1. The SMILES string of the molecule is C=CCCC(C)(NC(=O)C1CC(Oc2cc(-c3ccccc3)nc3cc(OC)ccc23)CN1C(=O)C(NC(=O)OC(C)(C)C)C(C)(C)C)C(=O)NS(=O)(=O)c1cccc(C#N)c1. The number of allylic oxidation sites excluding steroid dienone is 1. The number of pyridine rings is 1. The molecule has 4 unspecified atom stereocenters. The normalized spacial score (nSPS) is 16.9. The molecule has 1 saturated heterocycles. The fraction of sp³-hybridized carbons (Fsp3) is 0.391. The molecule has 62 heavy (non-hydrogen) atoms. The number of hydrogen-bond donors (Lipinski definition) is 3. The van der Waals surface area contributed by atoms with E-state index in [1.807, 2.05) is 42.5 Å². The molecule has 0 radical (unpaired) electrons. The number of nitrogens with zero attached hydrogens (tertiary/aromatic N) is 3. The van der Waals surface area contributed by atoms with Crippen molar-refractivity contribution < 1.29 is 41.8 Å². The Balaban J connectivity index is 1.54. The second-order valence-corrected chi connectivity index (χ2v) is 19.1. The summed E-state index contributed by atoms with van der Waals surface area (Å²) >= 11 is 0. The van der Waals surface area contributed by atoms with Gasteiger partial charge in [0.25, 0.3) is 15.9 Å². The lowest BCUT2D eigenvalue weighted by Crippen LogP contribution is -2.62. The molecule has 4 aromatic rings. The van der Waals surface area contributed by atoms with Crippen LogP contribution in [-0.2, 0) is 29.1 Å². The van der Waals surface area contributed by atoms with Gasteiger partial charge in [0, 0.05) is 29.5 Å². The third-order valence-electron chi connectivity index (χ3n) is 10.2. The zero-order chi connectivity index (χ0) is 45.6. The molecule has 16 heteroatoms. The van der Waals surface area contributed by atoms with Crippen molar-refractivity contribution in [3.8, 4) is 28.8 Å². The highest BCUT2D eigenvalue weighted by Crippen LogP contribution is 2.35. The summed E-state index contributed by atoms with van der Waals surface area (Å²) in [6, 6.07) is 21.2. The molecule has 1 aromatic heterocycles. The highest BCUT2D eigenvalue weighted by molar-refractivity contribution is 7.90. The molecule has 0 spiro atoms. The number of ether oxygens (including phenoxy) is 3. The summed E-state index contributed by atoms with van der Waals surface area (Å²) in [5.74, 6) is -1.43. The highest BCUT2D eigenvalue weighted by Gasteiger charge is 2.48. The van der Waals surface area contributed by atoms with Gasteiger partial charge >= 0.3 is 6.09 Å². The number of methoxy groups -OCH3 is 1. The number of carbonyl (C=O) groups excluding carboxylic acids is 4. The maximum atomic E-state index is 14.8. The molecule has 2 heterocycles. The Bertz CT molecular complexity index is 2490. The number of alkyl carbamates (subject to hydrolysis) is 1. The van der Waals surface area contributed by atoms with Crippen molar-refractivity contribution in [2.24, 2.45) is 5.41 Å². The lowest BCUT2D eigenvalue weighted by molar-refractivity contribution is -0.143. The van der Waals surface area contributed by atoms with E-state index in [0.717, 1.165) is 11.6 Å². The van der Waals surface area contributed by atoms with Crippen LogP contribution in [0.5, 0.6) is 11.5 Å². The van der Waals surface area contributed by atoms with E-state index in [0.29, 0.717) is 28.1 Å². The molecule has 1 fully saturated rings. The largest absolute Gasteiger partial charge is 0.497 e. The van der Waals surface area contributed by atoms with Crippen LogP contribution >= 0.6 is 0 Å².